The van der Waals surface area contributed by atoms with Crippen LogP contribution in [-0.4, -0.2) is 6.16 Å². The van der Waals surface area contributed by atoms with Gasteiger partial charge in [0.2, 0.25) is 0 Å². The first-order valence-corrected chi connectivity index (χ1v) is 10.4. The van der Waals surface area contributed by atoms with Crippen LogP contribution in [0.5, 0.6) is 0 Å². The van der Waals surface area contributed by atoms with Crippen LogP contribution in [0.2, 0.25) is 0 Å². The summed E-state index contributed by atoms with van der Waals surface area (Å²) in [5.74, 6) is 0. The van der Waals surface area contributed by atoms with E-state index in [4.69, 9.17) is 15.9 Å². The van der Waals surface area contributed by atoms with Gasteiger partial charge >= 0.3 is 143 Å². The Kier molecular flexibility index (Phi) is 4.55. The average molecular weight is 343 g/mol. The van der Waals surface area contributed by atoms with Crippen molar-refractivity contribution in [2.75, 3.05) is 6.16 Å². The molecule has 3 aromatic rings. The fourth-order valence-corrected chi connectivity index (χ4v) is 9.14. The van der Waals surface area contributed by atoms with Gasteiger partial charge in [0.1, 0.15) is 0 Å². The van der Waals surface area contributed by atoms with Crippen LogP contribution in [0.4, 0.5) is 0 Å². The van der Waals surface area contributed by atoms with Gasteiger partial charge in [0.05, 0.1) is 0 Å². The van der Waals surface area contributed by atoms with E-state index in [0.717, 1.165) is 22.1 Å². The van der Waals surface area contributed by atoms with Crippen molar-refractivity contribution in [2.24, 2.45) is 0 Å². The molecule has 23 heavy (non-hydrogen) atoms. The number of halogens is 1. The van der Waals surface area contributed by atoms with E-state index in [1.54, 1.807) is 0 Å². The minimum atomic E-state index is -3.16. The molecule has 3 rings (SSSR count). The van der Waals surface area contributed by atoms with Crippen LogP contribution in [0.25, 0.3) is 0 Å². The summed E-state index contributed by atoms with van der Waals surface area (Å²) in [6, 6.07) is 31.1. The normalized spacial score (nSPS) is 13.2. The predicted octanol–water partition coefficient (Wildman–Crippen LogP) is 4.62. The quantitative estimate of drug-likeness (QED) is 0.615. The summed E-state index contributed by atoms with van der Waals surface area (Å²) in [6.07, 6.45) is 0.799. The first-order valence-electron chi connectivity index (χ1n) is 7.76. The van der Waals surface area contributed by atoms with Crippen LogP contribution in [0.1, 0.15) is 6.92 Å². The van der Waals surface area contributed by atoms with E-state index in [9.17, 15) is 0 Å². The van der Waals surface area contributed by atoms with Crippen LogP contribution in [0.3, 0.4) is 0 Å². The minimum absolute atomic E-state index is 0.799. The molecule has 0 spiro atoms. The molecule has 0 fully saturated rings. The monoisotopic (exact) mass is 342 g/mol. The summed E-state index contributed by atoms with van der Waals surface area (Å²) in [5, 5.41) is 3.44. The second kappa shape index (κ2) is 6.45. The Labute approximate surface area is 143 Å². The molecule has 3 heteroatoms. The Morgan fingerprint density at radius 1 is 0.652 bits per heavy atom. The third kappa shape index (κ3) is 2.32. The van der Waals surface area contributed by atoms with Gasteiger partial charge in [-0.2, -0.15) is 0 Å². The molecule has 0 saturated heterocycles. The van der Waals surface area contributed by atoms with E-state index in [1.165, 1.54) is 0 Å². The zero-order valence-corrected chi connectivity index (χ0v) is 14.8. The van der Waals surface area contributed by atoms with Crippen molar-refractivity contribution in [3.8, 4) is 0 Å². The van der Waals surface area contributed by atoms with E-state index in [2.05, 4.69) is 43.3 Å². The van der Waals surface area contributed by atoms with Gasteiger partial charge in [-0.25, -0.2) is 0 Å². The molecule has 1 nitrogen and oxygen atoms in total. The summed E-state index contributed by atoms with van der Waals surface area (Å²) in [5.41, 5.74) is 0. The van der Waals surface area contributed by atoms with Crippen molar-refractivity contribution in [3.63, 3.8) is 0 Å². The first-order chi connectivity index (χ1) is 11.3. The van der Waals surface area contributed by atoms with Gasteiger partial charge in [0.25, 0.3) is 0 Å². The zero-order chi connectivity index (χ0) is 16.2. The second-order valence-electron chi connectivity index (χ2n) is 5.60. The number of benzene rings is 3. The Hall–Kier alpha value is -1.66. The van der Waals surface area contributed by atoms with Gasteiger partial charge < -0.3 is 0 Å². The molecule has 0 bridgehead atoms. The van der Waals surface area contributed by atoms with Crippen molar-refractivity contribution in [3.05, 3.63) is 91.0 Å². The molecule has 0 radical (unpaired) electrons. The summed E-state index contributed by atoms with van der Waals surface area (Å²) in [6.45, 7) is -1.00. The van der Waals surface area contributed by atoms with E-state index in [0.29, 0.717) is 0 Å². The second-order valence-corrected chi connectivity index (χ2v) is 10.8. The van der Waals surface area contributed by atoms with Gasteiger partial charge in [-0.15, -0.1) is 0 Å². The molecule has 0 aliphatic carbocycles. The maximum absolute atomic E-state index is 6.34. The number of hydrogen-bond acceptors (Lipinski definition) is 1. The Morgan fingerprint density at radius 3 is 1.17 bits per heavy atom. The summed E-state index contributed by atoms with van der Waals surface area (Å²) in [4.78, 5) is 0. The Bertz CT molecular complexity index is 652. The fraction of sp³-hybridized carbons (Fsp3) is 0.100. The Balaban J connectivity index is 2.46. The average Bonchev–Trinajstić information content (AvgIpc) is 2.67. The molecule has 0 saturated carbocycles. The molecule has 118 valence electrons. The van der Waals surface area contributed by atoms with Crippen LogP contribution in [0.15, 0.2) is 91.0 Å². The van der Waals surface area contributed by atoms with Crippen molar-refractivity contribution >= 4 is 34.6 Å². The molecule has 0 N–H and O–H groups in total. The van der Waals surface area contributed by atoms with Crippen LogP contribution in [0, 0.1) is 0 Å². The van der Waals surface area contributed by atoms with E-state index in [1.807, 2.05) is 54.6 Å². The standard InChI is InChI=1S/C20H20ClOP/c1-2-23(22-21,18-12-6-3-7-13-18,19-14-8-4-9-15-19)20-16-10-5-11-17-20/h3-17H,2H2,1H3. The molecule has 0 unspecified atom stereocenters. The first kappa shape index (κ1) is 16.2. The van der Waals surface area contributed by atoms with Crippen molar-refractivity contribution in [1.82, 2.24) is 0 Å². The third-order valence-electron chi connectivity index (χ3n) is 4.66. The molecular weight excluding hydrogens is 323 g/mol. The predicted molar refractivity (Wildman–Crippen MR) is 103 cm³/mol. The molecule has 0 aromatic heterocycles. The van der Waals surface area contributed by atoms with Crippen LogP contribution >= 0.6 is 18.7 Å². The fourth-order valence-electron chi connectivity index (χ4n) is 3.39. The van der Waals surface area contributed by atoms with Crippen LogP contribution < -0.4 is 15.9 Å². The summed E-state index contributed by atoms with van der Waals surface area (Å²) in [7, 11) is 0. The van der Waals surface area contributed by atoms with Crippen molar-refractivity contribution in [2.45, 2.75) is 6.92 Å². The SMILES string of the molecule is CCP(OCl)(c1ccccc1)(c1ccccc1)c1ccccc1. The van der Waals surface area contributed by atoms with Crippen LogP contribution in [-0.2, 0) is 4.08 Å². The van der Waals surface area contributed by atoms with Crippen molar-refractivity contribution in [1.29, 1.82) is 0 Å². The topological polar surface area (TPSA) is 9.23 Å². The molecule has 0 amide bonds. The molecule has 0 aliphatic rings. The molecular formula is C20H20ClOP. The van der Waals surface area contributed by atoms with E-state index in [-0.39, 0.29) is 0 Å². The molecule has 0 aliphatic heterocycles. The van der Waals surface area contributed by atoms with Crippen molar-refractivity contribution < 1.29 is 4.08 Å². The van der Waals surface area contributed by atoms with Gasteiger partial charge in [0, 0.05) is 0 Å². The molecule has 0 atom stereocenters. The maximum atomic E-state index is 6.34. The van der Waals surface area contributed by atoms with Gasteiger partial charge in [-0.1, -0.05) is 0 Å². The van der Waals surface area contributed by atoms with Gasteiger partial charge in [0.15, 0.2) is 0 Å². The number of rotatable bonds is 5. The third-order valence-corrected chi connectivity index (χ3v) is 11.3. The number of hydrogen-bond donors (Lipinski definition) is 0. The van der Waals surface area contributed by atoms with Gasteiger partial charge in [-0.05, 0) is 0 Å². The van der Waals surface area contributed by atoms with E-state index < -0.39 is 6.83 Å². The van der Waals surface area contributed by atoms with E-state index >= 15 is 0 Å². The molecule has 3 aromatic carbocycles. The zero-order valence-electron chi connectivity index (χ0n) is 13.1. The summed E-state index contributed by atoms with van der Waals surface area (Å²) >= 11 is 6.34. The molecule has 0 heterocycles. The summed E-state index contributed by atoms with van der Waals surface area (Å²) < 4.78 is 6.04. The Morgan fingerprint density at radius 2 is 0.957 bits per heavy atom. The van der Waals surface area contributed by atoms with Gasteiger partial charge in [-0.3, -0.25) is 0 Å².